The maximum Gasteiger partial charge on any atom is 0.408 e. The van der Waals surface area contributed by atoms with Gasteiger partial charge < -0.3 is 24.8 Å². The molecule has 226 valence electrons. The number of carbonyl (C=O) groups is 2. The van der Waals surface area contributed by atoms with Crippen LogP contribution in [0.3, 0.4) is 0 Å². The predicted molar refractivity (Wildman–Crippen MR) is 163 cm³/mol. The molecule has 4 rings (SSSR count). The van der Waals surface area contributed by atoms with E-state index in [1.165, 1.54) is 71.3 Å². The summed E-state index contributed by atoms with van der Waals surface area (Å²) in [6.45, 7) is 6.04. The van der Waals surface area contributed by atoms with Crippen molar-refractivity contribution >= 4 is 12.1 Å². The first-order valence-corrected chi connectivity index (χ1v) is 15.3. The number of hydrogen-bond acceptors (Lipinski definition) is 6. The monoisotopic (exact) mass is 566 g/mol. The lowest BCUT2D eigenvalue weighted by Gasteiger charge is -2.30. The van der Waals surface area contributed by atoms with Gasteiger partial charge in [0.15, 0.2) is 0 Å². The van der Waals surface area contributed by atoms with Gasteiger partial charge in [0.05, 0.1) is 7.11 Å². The maximum absolute atomic E-state index is 12.1. The summed E-state index contributed by atoms with van der Waals surface area (Å²) in [6.07, 6.45) is 14.2. The van der Waals surface area contributed by atoms with Gasteiger partial charge in [-0.1, -0.05) is 81.0 Å². The summed E-state index contributed by atoms with van der Waals surface area (Å²) >= 11 is 0. The molecule has 0 unspecified atom stereocenters. The van der Waals surface area contributed by atoms with Gasteiger partial charge in [-0.05, 0) is 69.7 Å². The van der Waals surface area contributed by atoms with Crippen molar-refractivity contribution in [3.8, 4) is 5.75 Å². The van der Waals surface area contributed by atoms with Crippen LogP contribution in [0.15, 0.2) is 54.6 Å². The van der Waals surface area contributed by atoms with Crippen molar-refractivity contribution in [2.45, 2.75) is 122 Å². The molecule has 0 aromatic heterocycles. The third-order valence-corrected chi connectivity index (χ3v) is 7.46. The highest BCUT2D eigenvalue weighted by atomic mass is 16.6. The molecule has 2 aliphatic carbocycles. The quantitative estimate of drug-likeness (QED) is 0.315. The highest BCUT2D eigenvalue weighted by molar-refractivity contribution is 5.81. The van der Waals surface area contributed by atoms with Crippen LogP contribution in [-0.2, 0) is 27.3 Å². The summed E-state index contributed by atoms with van der Waals surface area (Å²) in [4.78, 5) is 24.2. The number of rotatable bonds is 9. The van der Waals surface area contributed by atoms with Crippen molar-refractivity contribution in [3.63, 3.8) is 0 Å². The lowest BCUT2D eigenvalue weighted by atomic mass is 9.91. The van der Waals surface area contributed by atoms with E-state index in [-0.39, 0.29) is 18.6 Å². The summed E-state index contributed by atoms with van der Waals surface area (Å²) in [7, 11) is 1.28. The molecule has 2 aromatic rings. The minimum Gasteiger partial charge on any atom is -0.488 e. The molecular weight excluding hydrogens is 516 g/mol. The van der Waals surface area contributed by atoms with E-state index in [4.69, 9.17) is 14.2 Å². The van der Waals surface area contributed by atoms with Gasteiger partial charge in [-0.15, -0.1) is 0 Å². The van der Waals surface area contributed by atoms with Crippen LogP contribution in [0.1, 0.15) is 96.1 Å². The van der Waals surface area contributed by atoms with E-state index >= 15 is 0 Å². The summed E-state index contributed by atoms with van der Waals surface area (Å²) in [5, 5.41) is 6.43. The number of alkyl carbamates (subject to hydrolysis) is 1. The Bertz CT molecular complexity index is 1010. The molecule has 2 N–H and O–H groups in total. The van der Waals surface area contributed by atoms with Crippen LogP contribution in [-0.4, -0.2) is 42.9 Å². The van der Waals surface area contributed by atoms with Gasteiger partial charge in [0.25, 0.3) is 0 Å². The van der Waals surface area contributed by atoms with E-state index < -0.39 is 18.1 Å². The van der Waals surface area contributed by atoms with Crippen LogP contribution >= 0.6 is 0 Å². The molecule has 0 saturated heterocycles. The number of amides is 1. The predicted octanol–water partition coefficient (Wildman–Crippen LogP) is 7.12. The normalized spacial score (nSPS) is 17.0. The smallest absolute Gasteiger partial charge is 0.408 e. The van der Waals surface area contributed by atoms with Crippen molar-refractivity contribution in [3.05, 3.63) is 65.7 Å². The summed E-state index contributed by atoms with van der Waals surface area (Å²) in [6, 6.07) is 17.6. The zero-order valence-electron chi connectivity index (χ0n) is 25.5. The van der Waals surface area contributed by atoms with Crippen LogP contribution in [0.5, 0.6) is 5.75 Å². The highest BCUT2D eigenvalue weighted by Gasteiger charge is 2.23. The SMILES string of the molecule is C1CCC(NC2CCCCC2)CC1.COC(=O)[C@H](Cc1ccc(OC(C)(C)C)cc1)NC(=O)OCc1ccccc1. The molecule has 2 saturated carbocycles. The van der Waals surface area contributed by atoms with E-state index in [1.54, 1.807) is 0 Å². The molecule has 1 amide bonds. The fourth-order valence-electron chi connectivity index (χ4n) is 5.40. The molecular formula is C34H50N2O5. The average Bonchev–Trinajstić information content (AvgIpc) is 2.97. The lowest BCUT2D eigenvalue weighted by molar-refractivity contribution is -0.143. The first-order chi connectivity index (χ1) is 19.7. The van der Waals surface area contributed by atoms with Gasteiger partial charge in [0.2, 0.25) is 0 Å². The molecule has 0 bridgehead atoms. The summed E-state index contributed by atoms with van der Waals surface area (Å²) in [5.41, 5.74) is 1.43. The minimum atomic E-state index is -0.845. The fraction of sp³-hybridized carbons (Fsp3) is 0.588. The highest BCUT2D eigenvalue weighted by Crippen LogP contribution is 2.23. The number of benzene rings is 2. The van der Waals surface area contributed by atoms with Gasteiger partial charge >= 0.3 is 12.1 Å². The van der Waals surface area contributed by atoms with Crippen molar-refractivity contribution in [2.24, 2.45) is 0 Å². The fourth-order valence-corrected chi connectivity index (χ4v) is 5.40. The van der Waals surface area contributed by atoms with E-state index in [2.05, 4.69) is 10.6 Å². The first-order valence-electron chi connectivity index (χ1n) is 15.3. The second-order valence-corrected chi connectivity index (χ2v) is 12.2. The Kier molecular flexibility index (Phi) is 13.5. The van der Waals surface area contributed by atoms with Gasteiger partial charge in [-0.2, -0.15) is 0 Å². The van der Waals surface area contributed by atoms with Crippen LogP contribution in [0, 0.1) is 0 Å². The van der Waals surface area contributed by atoms with Crippen LogP contribution in [0.4, 0.5) is 4.79 Å². The molecule has 0 heterocycles. The zero-order chi connectivity index (χ0) is 29.5. The van der Waals surface area contributed by atoms with E-state index in [0.717, 1.165) is 29.0 Å². The van der Waals surface area contributed by atoms with Gasteiger partial charge in [0, 0.05) is 18.5 Å². The van der Waals surface area contributed by atoms with E-state index in [9.17, 15) is 9.59 Å². The molecule has 2 fully saturated rings. The Morgan fingerprint density at radius 1 is 0.805 bits per heavy atom. The average molecular weight is 567 g/mol. The molecule has 0 aliphatic heterocycles. The molecule has 1 atom stereocenters. The van der Waals surface area contributed by atoms with Crippen LogP contribution in [0.25, 0.3) is 0 Å². The summed E-state index contributed by atoms with van der Waals surface area (Å²) < 4.78 is 15.8. The Balaban J connectivity index is 0.000000294. The van der Waals surface area contributed by atoms with Crippen molar-refractivity contribution in [2.75, 3.05) is 7.11 Å². The Morgan fingerprint density at radius 2 is 1.37 bits per heavy atom. The first kappa shape index (κ1) is 32.5. The molecule has 41 heavy (non-hydrogen) atoms. The zero-order valence-corrected chi connectivity index (χ0v) is 25.5. The topological polar surface area (TPSA) is 85.9 Å². The molecule has 7 nitrogen and oxygen atoms in total. The number of carbonyl (C=O) groups excluding carboxylic acids is 2. The van der Waals surface area contributed by atoms with Crippen molar-refractivity contribution in [1.82, 2.24) is 10.6 Å². The second-order valence-electron chi connectivity index (χ2n) is 12.2. The number of methoxy groups -OCH3 is 1. The van der Waals surface area contributed by atoms with Crippen molar-refractivity contribution in [1.29, 1.82) is 0 Å². The molecule has 0 spiro atoms. The lowest BCUT2D eigenvalue weighted by Crippen LogP contribution is -2.43. The number of ether oxygens (including phenoxy) is 3. The third kappa shape index (κ3) is 13.0. The Morgan fingerprint density at radius 3 is 1.88 bits per heavy atom. The second kappa shape index (κ2) is 17.0. The molecule has 7 heteroatoms. The number of nitrogens with one attached hydrogen (secondary N) is 2. The van der Waals surface area contributed by atoms with Crippen LogP contribution in [0.2, 0.25) is 0 Å². The number of esters is 1. The standard InChI is InChI=1S/C22H27NO5.C12H23N/c1-22(2,3)28-18-12-10-16(11-13-18)14-19(20(24)26-4)23-21(25)27-15-17-8-6-5-7-9-17;1-3-7-11(8-4-1)13-12-9-5-2-6-10-12/h5-13,19H,14-15H2,1-4H3,(H,23,25);11-13H,1-10H2/t19-;/m0./s1. The molecule has 2 aliphatic rings. The number of hydrogen-bond donors (Lipinski definition) is 2. The largest absolute Gasteiger partial charge is 0.488 e. The van der Waals surface area contributed by atoms with Crippen molar-refractivity contribution < 1.29 is 23.8 Å². The van der Waals surface area contributed by atoms with Gasteiger partial charge in [-0.3, -0.25) is 0 Å². The van der Waals surface area contributed by atoms with E-state index in [0.29, 0.717) is 0 Å². The summed E-state index contributed by atoms with van der Waals surface area (Å²) in [5.74, 6) is 0.202. The van der Waals surface area contributed by atoms with Gasteiger partial charge in [0.1, 0.15) is 24.0 Å². The minimum absolute atomic E-state index is 0.124. The third-order valence-electron chi connectivity index (χ3n) is 7.46. The maximum atomic E-state index is 12.1. The van der Waals surface area contributed by atoms with Crippen LogP contribution < -0.4 is 15.4 Å². The Hall–Kier alpha value is -3.06. The molecule has 2 aromatic carbocycles. The van der Waals surface area contributed by atoms with E-state index in [1.807, 2.05) is 75.4 Å². The molecule has 0 radical (unpaired) electrons. The van der Waals surface area contributed by atoms with Gasteiger partial charge in [-0.25, -0.2) is 9.59 Å². The Labute approximate surface area is 246 Å².